The Hall–Kier alpha value is -1.43. The largest absolute Gasteiger partial charge is 0.337 e. The average Bonchev–Trinajstić information content (AvgIpc) is 2.60. The summed E-state index contributed by atoms with van der Waals surface area (Å²) in [7, 11) is 0. The molecular formula is C12H17N3O2S. The molecule has 18 heavy (non-hydrogen) atoms. The molecule has 1 atom stereocenters. The van der Waals surface area contributed by atoms with Crippen LogP contribution in [0.3, 0.4) is 0 Å². The molecule has 6 heteroatoms. The minimum Gasteiger partial charge on any atom is -0.337 e. The number of piperidine rings is 1. The second-order valence-corrected chi connectivity index (χ2v) is 5.95. The number of carbonyl (C=O) groups is 2. The normalized spacial score (nSPS) is 20.9. The van der Waals surface area contributed by atoms with Gasteiger partial charge in [0.2, 0.25) is 11.8 Å². The van der Waals surface area contributed by atoms with Gasteiger partial charge in [0, 0.05) is 23.7 Å². The van der Waals surface area contributed by atoms with Gasteiger partial charge in [-0.05, 0) is 18.6 Å². The van der Waals surface area contributed by atoms with E-state index >= 15 is 0 Å². The molecule has 2 amide bonds. The van der Waals surface area contributed by atoms with E-state index < -0.39 is 6.04 Å². The number of nitrogens with one attached hydrogen (secondary N) is 2. The highest BCUT2D eigenvalue weighted by atomic mass is 32.1. The Morgan fingerprint density at radius 3 is 2.61 bits per heavy atom. The number of H-pyrrole nitrogens is 1. The number of aromatic nitrogens is 2. The highest BCUT2D eigenvalue weighted by molar-refractivity contribution is 7.71. The van der Waals surface area contributed by atoms with Gasteiger partial charge in [-0.1, -0.05) is 20.8 Å². The lowest BCUT2D eigenvalue weighted by atomic mass is 9.91. The van der Waals surface area contributed by atoms with E-state index in [4.69, 9.17) is 12.2 Å². The Labute approximate surface area is 111 Å². The summed E-state index contributed by atoms with van der Waals surface area (Å²) >= 11 is 5.25. The average molecular weight is 267 g/mol. The highest BCUT2D eigenvalue weighted by Gasteiger charge is 2.32. The van der Waals surface area contributed by atoms with E-state index in [-0.39, 0.29) is 17.2 Å². The van der Waals surface area contributed by atoms with Crippen LogP contribution in [-0.4, -0.2) is 21.4 Å². The summed E-state index contributed by atoms with van der Waals surface area (Å²) in [4.78, 5) is 26.1. The van der Waals surface area contributed by atoms with Crippen LogP contribution in [0.2, 0.25) is 0 Å². The molecule has 5 nitrogen and oxygen atoms in total. The number of imidazole rings is 1. The molecule has 1 fully saturated rings. The molecule has 1 unspecified atom stereocenters. The van der Waals surface area contributed by atoms with Crippen molar-refractivity contribution in [1.82, 2.24) is 14.9 Å². The Morgan fingerprint density at radius 2 is 2.06 bits per heavy atom. The van der Waals surface area contributed by atoms with E-state index in [0.717, 1.165) is 5.69 Å². The van der Waals surface area contributed by atoms with Gasteiger partial charge in [0.05, 0.1) is 0 Å². The molecule has 1 aromatic heterocycles. The van der Waals surface area contributed by atoms with Crippen molar-refractivity contribution in [3.8, 4) is 0 Å². The van der Waals surface area contributed by atoms with Crippen LogP contribution in [0, 0.1) is 4.77 Å². The van der Waals surface area contributed by atoms with Gasteiger partial charge in [-0.25, -0.2) is 0 Å². The van der Waals surface area contributed by atoms with E-state index in [9.17, 15) is 9.59 Å². The number of imide groups is 1. The van der Waals surface area contributed by atoms with Crippen LogP contribution >= 0.6 is 12.2 Å². The summed E-state index contributed by atoms with van der Waals surface area (Å²) in [5.74, 6) is -0.483. The maximum atomic E-state index is 11.9. The van der Waals surface area contributed by atoms with Crippen molar-refractivity contribution in [2.75, 3.05) is 0 Å². The smallest absolute Gasteiger partial charge is 0.249 e. The Kier molecular flexibility index (Phi) is 3.14. The molecule has 0 radical (unpaired) electrons. The van der Waals surface area contributed by atoms with E-state index in [0.29, 0.717) is 17.6 Å². The van der Waals surface area contributed by atoms with Gasteiger partial charge >= 0.3 is 0 Å². The molecule has 1 aromatic rings. The maximum Gasteiger partial charge on any atom is 0.249 e. The van der Waals surface area contributed by atoms with Gasteiger partial charge in [-0.15, -0.1) is 0 Å². The van der Waals surface area contributed by atoms with Crippen LogP contribution in [0.4, 0.5) is 0 Å². The minimum atomic E-state index is -0.393. The quantitative estimate of drug-likeness (QED) is 0.602. The third-order valence-corrected chi connectivity index (χ3v) is 3.42. The molecule has 0 saturated carbocycles. The predicted molar refractivity (Wildman–Crippen MR) is 69.7 cm³/mol. The summed E-state index contributed by atoms with van der Waals surface area (Å²) in [6.45, 7) is 6.19. The summed E-state index contributed by atoms with van der Waals surface area (Å²) in [6.07, 6.45) is 2.69. The number of rotatable bonds is 1. The fourth-order valence-electron chi connectivity index (χ4n) is 2.19. The Balaban J connectivity index is 2.45. The van der Waals surface area contributed by atoms with E-state index in [2.05, 4.69) is 31.1 Å². The zero-order chi connectivity index (χ0) is 13.5. The SMILES string of the molecule is CC(C)(C)c1c[nH]c(=S)n1C1CCC(=O)NC1=O. The zero-order valence-corrected chi connectivity index (χ0v) is 11.6. The third-order valence-electron chi connectivity index (χ3n) is 3.10. The predicted octanol–water partition coefficient (Wildman–Crippen LogP) is 1.82. The van der Waals surface area contributed by atoms with Crippen molar-refractivity contribution in [3.05, 3.63) is 16.7 Å². The third kappa shape index (κ3) is 2.25. The zero-order valence-electron chi connectivity index (χ0n) is 10.7. The number of aromatic amines is 1. The summed E-state index contributed by atoms with van der Waals surface area (Å²) in [5, 5.41) is 2.36. The molecule has 0 aliphatic carbocycles. The van der Waals surface area contributed by atoms with Crippen molar-refractivity contribution in [2.45, 2.75) is 45.1 Å². The second-order valence-electron chi connectivity index (χ2n) is 5.57. The molecule has 2 N–H and O–H groups in total. The lowest BCUT2D eigenvalue weighted by molar-refractivity contribution is -0.135. The first-order chi connectivity index (χ1) is 8.30. The standard InChI is InChI=1S/C12H17N3O2S/c1-12(2,3)8-6-13-11(18)15(8)7-4-5-9(16)14-10(7)17/h6-7H,4-5H2,1-3H3,(H,13,18)(H,14,16,17). The first-order valence-electron chi connectivity index (χ1n) is 5.95. The number of carbonyl (C=O) groups excluding carboxylic acids is 2. The van der Waals surface area contributed by atoms with Crippen LogP contribution in [0.1, 0.15) is 45.3 Å². The van der Waals surface area contributed by atoms with E-state index in [1.165, 1.54) is 0 Å². The fourth-order valence-corrected chi connectivity index (χ4v) is 2.48. The van der Waals surface area contributed by atoms with Crippen molar-refractivity contribution < 1.29 is 9.59 Å². The molecular weight excluding hydrogens is 250 g/mol. The maximum absolute atomic E-state index is 11.9. The first kappa shape index (κ1) is 13.0. The summed E-state index contributed by atoms with van der Waals surface area (Å²) in [5.41, 5.74) is 0.858. The number of amides is 2. The first-order valence-corrected chi connectivity index (χ1v) is 6.35. The van der Waals surface area contributed by atoms with Crippen molar-refractivity contribution in [2.24, 2.45) is 0 Å². The van der Waals surface area contributed by atoms with Gasteiger partial charge in [-0.3, -0.25) is 14.9 Å². The van der Waals surface area contributed by atoms with Gasteiger partial charge in [0.1, 0.15) is 6.04 Å². The fraction of sp³-hybridized carbons (Fsp3) is 0.583. The molecule has 0 bridgehead atoms. The summed E-state index contributed by atoms with van der Waals surface area (Å²) < 4.78 is 2.35. The van der Waals surface area contributed by atoms with Crippen LogP contribution < -0.4 is 5.32 Å². The molecule has 1 aliphatic rings. The van der Waals surface area contributed by atoms with Crippen LogP contribution in [0.15, 0.2) is 6.20 Å². The molecule has 2 rings (SSSR count). The van der Waals surface area contributed by atoms with Crippen molar-refractivity contribution >= 4 is 24.0 Å². The molecule has 2 heterocycles. The van der Waals surface area contributed by atoms with Gasteiger partial charge in [-0.2, -0.15) is 0 Å². The van der Waals surface area contributed by atoms with Crippen LogP contribution in [0.5, 0.6) is 0 Å². The van der Waals surface area contributed by atoms with Gasteiger partial charge < -0.3 is 9.55 Å². The van der Waals surface area contributed by atoms with E-state index in [1.807, 2.05) is 10.8 Å². The van der Waals surface area contributed by atoms with Crippen LogP contribution in [-0.2, 0) is 15.0 Å². The number of nitrogens with zero attached hydrogens (tertiary/aromatic N) is 1. The molecule has 1 saturated heterocycles. The van der Waals surface area contributed by atoms with Crippen molar-refractivity contribution in [1.29, 1.82) is 0 Å². The number of hydrogen-bond acceptors (Lipinski definition) is 3. The molecule has 98 valence electrons. The Bertz CT molecular complexity index is 550. The summed E-state index contributed by atoms with van der Waals surface area (Å²) in [6, 6.07) is -0.393. The molecule has 0 spiro atoms. The second kappa shape index (κ2) is 4.35. The van der Waals surface area contributed by atoms with Gasteiger partial charge in [0.15, 0.2) is 4.77 Å². The van der Waals surface area contributed by atoms with E-state index in [1.54, 1.807) is 0 Å². The minimum absolute atomic E-state index is 0.116. The van der Waals surface area contributed by atoms with Crippen molar-refractivity contribution in [3.63, 3.8) is 0 Å². The monoisotopic (exact) mass is 267 g/mol. The number of hydrogen-bond donors (Lipinski definition) is 2. The highest BCUT2D eigenvalue weighted by Crippen LogP contribution is 2.28. The van der Waals surface area contributed by atoms with Gasteiger partial charge in [0.25, 0.3) is 0 Å². The Morgan fingerprint density at radius 1 is 1.39 bits per heavy atom. The lowest BCUT2D eigenvalue weighted by Crippen LogP contribution is -2.42. The molecule has 0 aromatic carbocycles. The van der Waals surface area contributed by atoms with Crippen LogP contribution in [0.25, 0.3) is 0 Å². The lowest BCUT2D eigenvalue weighted by Gasteiger charge is -2.28. The topological polar surface area (TPSA) is 66.9 Å². The molecule has 1 aliphatic heterocycles.